The van der Waals surface area contributed by atoms with Crippen LogP contribution in [-0.4, -0.2) is 21.3 Å². The minimum Gasteiger partial charge on any atom is -0.270 e. The summed E-state index contributed by atoms with van der Waals surface area (Å²) in [6, 6.07) is 0. The van der Waals surface area contributed by atoms with E-state index in [0.717, 1.165) is 19.1 Å². The second kappa shape index (κ2) is 6.20. The van der Waals surface area contributed by atoms with Gasteiger partial charge in [0.05, 0.1) is 12.9 Å². The van der Waals surface area contributed by atoms with Gasteiger partial charge in [0.25, 0.3) is 10.1 Å². The summed E-state index contributed by atoms with van der Waals surface area (Å²) in [5, 5.41) is 0. The fourth-order valence-electron chi connectivity index (χ4n) is 0.670. The van der Waals surface area contributed by atoms with Crippen LogP contribution in [0.4, 0.5) is 0 Å². The van der Waals surface area contributed by atoms with E-state index in [9.17, 15) is 8.42 Å². The van der Waals surface area contributed by atoms with Gasteiger partial charge in [0.2, 0.25) is 0 Å². The number of hydrogen-bond acceptors (Lipinski definition) is 3. The maximum absolute atomic E-state index is 10.5. The van der Waals surface area contributed by atoms with Crippen LogP contribution in [-0.2, 0) is 14.3 Å². The first-order valence-corrected chi connectivity index (χ1v) is 5.87. The molecule has 0 heterocycles. The highest BCUT2D eigenvalue weighted by Gasteiger charge is 1.97. The Kier molecular flexibility index (Phi) is 6.02. The van der Waals surface area contributed by atoms with Crippen LogP contribution in [0.3, 0.4) is 0 Å². The van der Waals surface area contributed by atoms with Gasteiger partial charge in [-0.1, -0.05) is 25.5 Å². The molecule has 0 spiro atoms. The molecule has 0 N–H and O–H groups in total. The van der Waals surface area contributed by atoms with E-state index >= 15 is 0 Å². The fourth-order valence-corrected chi connectivity index (χ4v) is 1.07. The molecular formula is C8H16O3S. The molecule has 0 aromatic heterocycles. The molecule has 0 rings (SSSR count). The Morgan fingerprint density at radius 2 is 1.83 bits per heavy atom. The zero-order valence-corrected chi connectivity index (χ0v) is 8.43. The molecule has 0 bridgehead atoms. The Morgan fingerprint density at radius 1 is 1.25 bits per heavy atom. The number of hydrogen-bond donors (Lipinski definition) is 0. The minimum absolute atomic E-state index is 0.249. The molecule has 0 aliphatic heterocycles. The summed E-state index contributed by atoms with van der Waals surface area (Å²) >= 11 is 0. The van der Waals surface area contributed by atoms with Crippen molar-refractivity contribution in [3.63, 3.8) is 0 Å². The Balaban J connectivity index is 3.34. The third-order valence-corrected chi connectivity index (χ3v) is 1.80. The molecule has 0 aromatic carbocycles. The van der Waals surface area contributed by atoms with Crippen LogP contribution in [0.1, 0.15) is 26.2 Å². The van der Waals surface area contributed by atoms with Crippen LogP contribution in [0.5, 0.6) is 0 Å². The van der Waals surface area contributed by atoms with Crippen LogP contribution in [0, 0.1) is 0 Å². The van der Waals surface area contributed by atoms with Crippen LogP contribution in [0.25, 0.3) is 0 Å². The lowest BCUT2D eigenvalue weighted by Gasteiger charge is -1.96. The summed E-state index contributed by atoms with van der Waals surface area (Å²) in [5.74, 6) is 0. The average Bonchev–Trinajstić information content (AvgIpc) is 1.94. The third kappa shape index (κ3) is 9.65. The van der Waals surface area contributed by atoms with Gasteiger partial charge in [-0.25, -0.2) is 0 Å². The summed E-state index contributed by atoms with van der Waals surface area (Å²) in [5.41, 5.74) is 0. The smallest absolute Gasteiger partial charge is 0.264 e. The monoisotopic (exact) mass is 192 g/mol. The summed E-state index contributed by atoms with van der Waals surface area (Å²) < 4.78 is 25.5. The molecule has 0 saturated carbocycles. The van der Waals surface area contributed by atoms with Crippen LogP contribution < -0.4 is 0 Å². The van der Waals surface area contributed by atoms with E-state index in [1.165, 1.54) is 0 Å². The van der Waals surface area contributed by atoms with Gasteiger partial charge in [-0.3, -0.25) is 4.18 Å². The molecule has 0 saturated heterocycles. The Morgan fingerprint density at radius 3 is 2.33 bits per heavy atom. The van der Waals surface area contributed by atoms with Crippen molar-refractivity contribution in [1.29, 1.82) is 0 Å². The standard InChI is InChI=1S/C8H16O3S/c1-3-4-5-6-7-8-11-12(2,9)10/h5-6H,3-4,7-8H2,1-2H3. The van der Waals surface area contributed by atoms with Crippen molar-refractivity contribution in [2.24, 2.45) is 0 Å². The van der Waals surface area contributed by atoms with E-state index in [0.29, 0.717) is 6.42 Å². The summed E-state index contributed by atoms with van der Waals surface area (Å²) in [6.45, 7) is 2.34. The molecule has 3 nitrogen and oxygen atoms in total. The van der Waals surface area contributed by atoms with Gasteiger partial charge in [-0.15, -0.1) is 0 Å². The van der Waals surface area contributed by atoms with Crippen molar-refractivity contribution >= 4 is 10.1 Å². The SMILES string of the molecule is CCCC=CCCOS(C)(=O)=O. The molecule has 0 amide bonds. The highest BCUT2D eigenvalue weighted by atomic mass is 32.2. The van der Waals surface area contributed by atoms with Crippen LogP contribution in [0.2, 0.25) is 0 Å². The quantitative estimate of drug-likeness (QED) is 0.365. The normalized spacial score (nSPS) is 12.5. The van der Waals surface area contributed by atoms with Crippen LogP contribution >= 0.6 is 0 Å². The summed E-state index contributed by atoms with van der Waals surface area (Å²) in [6.07, 6.45) is 7.85. The van der Waals surface area contributed by atoms with Crippen molar-refractivity contribution < 1.29 is 12.6 Å². The van der Waals surface area contributed by atoms with E-state index < -0.39 is 10.1 Å². The number of allylic oxidation sites excluding steroid dienone is 1. The van der Waals surface area contributed by atoms with Crippen molar-refractivity contribution in [3.05, 3.63) is 12.2 Å². The van der Waals surface area contributed by atoms with Crippen molar-refractivity contribution in [3.8, 4) is 0 Å². The zero-order valence-electron chi connectivity index (χ0n) is 7.62. The fraction of sp³-hybridized carbons (Fsp3) is 0.750. The van der Waals surface area contributed by atoms with Crippen molar-refractivity contribution in [1.82, 2.24) is 0 Å². The van der Waals surface area contributed by atoms with Gasteiger partial charge in [0.1, 0.15) is 0 Å². The third-order valence-electron chi connectivity index (χ3n) is 1.20. The van der Waals surface area contributed by atoms with E-state index in [4.69, 9.17) is 0 Å². The lowest BCUT2D eigenvalue weighted by Crippen LogP contribution is -2.02. The topological polar surface area (TPSA) is 43.4 Å². The maximum Gasteiger partial charge on any atom is 0.264 e. The summed E-state index contributed by atoms with van der Waals surface area (Å²) in [7, 11) is -3.25. The Bertz CT molecular complexity index is 216. The molecule has 0 aliphatic rings. The predicted molar refractivity (Wildman–Crippen MR) is 49.5 cm³/mol. The molecule has 0 fully saturated rings. The molecule has 0 atom stereocenters. The van der Waals surface area contributed by atoms with Crippen molar-refractivity contribution in [2.45, 2.75) is 26.2 Å². The van der Waals surface area contributed by atoms with Crippen molar-refractivity contribution in [2.75, 3.05) is 12.9 Å². The number of unbranched alkanes of at least 4 members (excludes halogenated alkanes) is 1. The van der Waals surface area contributed by atoms with E-state index in [-0.39, 0.29) is 6.61 Å². The first-order chi connectivity index (χ1) is 5.56. The van der Waals surface area contributed by atoms with Gasteiger partial charge >= 0.3 is 0 Å². The highest BCUT2D eigenvalue weighted by Crippen LogP contribution is 1.94. The van der Waals surface area contributed by atoms with E-state index in [1.807, 2.05) is 12.2 Å². The second-order valence-electron chi connectivity index (χ2n) is 2.57. The molecule has 0 radical (unpaired) electrons. The van der Waals surface area contributed by atoms with Gasteiger partial charge in [0.15, 0.2) is 0 Å². The van der Waals surface area contributed by atoms with Gasteiger partial charge in [0, 0.05) is 0 Å². The van der Waals surface area contributed by atoms with Gasteiger partial charge in [-0.2, -0.15) is 8.42 Å². The largest absolute Gasteiger partial charge is 0.270 e. The Hall–Kier alpha value is -0.350. The highest BCUT2D eigenvalue weighted by molar-refractivity contribution is 7.85. The molecule has 4 heteroatoms. The predicted octanol–water partition coefficient (Wildman–Crippen LogP) is 1.71. The first kappa shape index (κ1) is 11.6. The molecule has 72 valence electrons. The van der Waals surface area contributed by atoms with E-state index in [1.54, 1.807) is 0 Å². The molecule has 0 unspecified atom stereocenters. The summed E-state index contributed by atoms with van der Waals surface area (Å²) in [4.78, 5) is 0. The molecule has 0 aliphatic carbocycles. The average molecular weight is 192 g/mol. The maximum atomic E-state index is 10.5. The van der Waals surface area contributed by atoms with Gasteiger partial charge < -0.3 is 0 Å². The first-order valence-electron chi connectivity index (χ1n) is 4.05. The number of rotatable bonds is 6. The minimum atomic E-state index is -3.25. The zero-order chi connectivity index (χ0) is 9.45. The van der Waals surface area contributed by atoms with Crippen LogP contribution in [0.15, 0.2) is 12.2 Å². The lowest BCUT2D eigenvalue weighted by molar-refractivity contribution is 0.328. The molecular weight excluding hydrogens is 176 g/mol. The molecule has 12 heavy (non-hydrogen) atoms. The van der Waals surface area contributed by atoms with E-state index in [2.05, 4.69) is 11.1 Å². The lowest BCUT2D eigenvalue weighted by atomic mass is 10.3. The second-order valence-corrected chi connectivity index (χ2v) is 4.22. The van der Waals surface area contributed by atoms with Gasteiger partial charge in [-0.05, 0) is 12.8 Å². The molecule has 0 aromatic rings. The Labute approximate surface area is 74.6 Å².